The monoisotopic (exact) mass is 278 g/mol. The molecule has 0 aromatic heterocycles. The number of aliphatic hydroxyl groups is 1. The first-order valence-electron chi connectivity index (χ1n) is 6.39. The topological polar surface area (TPSA) is 40.5 Å². The Balaban J connectivity index is 2.21. The van der Waals surface area contributed by atoms with E-state index in [0.29, 0.717) is 12.0 Å². The molecule has 0 bridgehead atoms. The molecule has 0 atom stereocenters. The second kappa shape index (κ2) is 6.48. The molecule has 2 rings (SSSR count). The van der Waals surface area contributed by atoms with Crippen molar-refractivity contribution in [2.45, 2.75) is 19.4 Å². The maximum absolute atomic E-state index is 13.9. The molecule has 0 fully saturated rings. The number of aliphatic hydroxyl groups excluding tert-OH is 1. The van der Waals surface area contributed by atoms with Gasteiger partial charge in [-0.2, -0.15) is 0 Å². The molecule has 0 amide bonds. The highest BCUT2D eigenvalue weighted by Gasteiger charge is 2.11. The predicted octanol–water partition coefficient (Wildman–Crippen LogP) is 3.13. The van der Waals surface area contributed by atoms with Gasteiger partial charge in [-0.05, 0) is 28.8 Å². The van der Waals surface area contributed by atoms with Gasteiger partial charge in [-0.25, -0.2) is 4.39 Å². The molecule has 0 spiro atoms. The fourth-order valence-corrected chi connectivity index (χ4v) is 2.08. The van der Waals surface area contributed by atoms with E-state index in [-0.39, 0.29) is 24.3 Å². The van der Waals surface area contributed by atoms with Crippen LogP contribution in [0, 0.1) is 5.82 Å². The zero-order valence-electron chi connectivity index (χ0n) is 10.9. The third-order valence-electron chi connectivity index (χ3n) is 3.20. The Morgan fingerprint density at radius 1 is 0.950 bits per heavy atom. The zero-order chi connectivity index (χ0) is 14.5. The number of halogens is 2. The summed E-state index contributed by atoms with van der Waals surface area (Å²) in [5.74, 6) is -0.705. The van der Waals surface area contributed by atoms with Crippen molar-refractivity contribution in [3.05, 3.63) is 64.5 Å². The minimum Gasteiger partial charge on any atom is -0.508 e. The van der Waals surface area contributed by atoms with E-state index in [9.17, 15) is 13.9 Å². The van der Waals surface area contributed by atoms with Crippen LogP contribution in [0.25, 0.3) is 0 Å². The maximum Gasteiger partial charge on any atom is 0.130 e. The summed E-state index contributed by atoms with van der Waals surface area (Å²) < 4.78 is 26.1. The summed E-state index contributed by atoms with van der Waals surface area (Å²) in [5.41, 5.74) is 2.25. The molecule has 106 valence electrons. The summed E-state index contributed by atoms with van der Waals surface area (Å²) in [6, 6.07) is 9.76. The van der Waals surface area contributed by atoms with Crippen molar-refractivity contribution in [3.63, 3.8) is 0 Å². The highest BCUT2D eigenvalue weighted by molar-refractivity contribution is 5.41. The fourth-order valence-electron chi connectivity index (χ4n) is 2.08. The van der Waals surface area contributed by atoms with Crippen LogP contribution in [0.1, 0.15) is 22.3 Å². The van der Waals surface area contributed by atoms with E-state index in [2.05, 4.69) is 0 Å². The van der Waals surface area contributed by atoms with Crippen molar-refractivity contribution in [1.29, 1.82) is 0 Å². The summed E-state index contributed by atoms with van der Waals surface area (Å²) in [5, 5.41) is 18.7. The molecule has 2 N–H and O–H groups in total. The van der Waals surface area contributed by atoms with Crippen LogP contribution in [0.2, 0.25) is 0 Å². The first-order chi connectivity index (χ1) is 9.63. The zero-order valence-corrected chi connectivity index (χ0v) is 10.9. The molecule has 20 heavy (non-hydrogen) atoms. The lowest BCUT2D eigenvalue weighted by Crippen LogP contribution is -1.97. The molecule has 0 radical (unpaired) electrons. The van der Waals surface area contributed by atoms with E-state index < -0.39 is 12.5 Å². The summed E-state index contributed by atoms with van der Waals surface area (Å²) >= 11 is 0. The van der Waals surface area contributed by atoms with Gasteiger partial charge in [0.15, 0.2) is 0 Å². The Labute approximate surface area is 116 Å². The van der Waals surface area contributed by atoms with E-state index in [1.165, 1.54) is 12.1 Å². The van der Waals surface area contributed by atoms with E-state index in [1.807, 2.05) is 0 Å². The lowest BCUT2D eigenvalue weighted by Gasteiger charge is -2.09. The number of phenols is 1. The number of alkyl halides is 1. The number of benzene rings is 2. The molecular formula is C16H16F2O2. The van der Waals surface area contributed by atoms with Crippen LogP contribution >= 0.6 is 0 Å². The van der Waals surface area contributed by atoms with Crippen molar-refractivity contribution in [2.24, 2.45) is 0 Å². The van der Waals surface area contributed by atoms with Gasteiger partial charge in [-0.15, -0.1) is 0 Å². The molecule has 0 aliphatic rings. The Bertz CT molecular complexity index is 557. The summed E-state index contributed by atoms with van der Waals surface area (Å²) in [4.78, 5) is 0. The van der Waals surface area contributed by atoms with Crippen LogP contribution in [0.15, 0.2) is 36.4 Å². The van der Waals surface area contributed by atoms with Crippen LogP contribution in [0.5, 0.6) is 5.75 Å². The van der Waals surface area contributed by atoms with Crippen molar-refractivity contribution in [2.75, 3.05) is 6.67 Å². The van der Waals surface area contributed by atoms with Gasteiger partial charge in [0.2, 0.25) is 0 Å². The minimum atomic E-state index is -0.540. The Morgan fingerprint density at radius 2 is 1.60 bits per heavy atom. The SMILES string of the molecule is OCc1cc(O)c(Cc2ccc(CCF)cc2)c(F)c1. The number of aromatic hydroxyl groups is 1. The van der Waals surface area contributed by atoms with Crippen molar-refractivity contribution in [3.8, 4) is 5.75 Å². The van der Waals surface area contributed by atoms with Gasteiger partial charge in [0.05, 0.1) is 13.3 Å². The molecule has 0 aliphatic heterocycles. The first-order valence-corrected chi connectivity index (χ1v) is 6.39. The Kier molecular flexibility index (Phi) is 4.69. The van der Waals surface area contributed by atoms with Gasteiger partial charge in [-0.3, -0.25) is 4.39 Å². The van der Waals surface area contributed by atoms with Gasteiger partial charge >= 0.3 is 0 Å². The molecule has 0 heterocycles. The minimum absolute atomic E-state index is 0.165. The molecule has 2 aromatic rings. The molecule has 4 heteroatoms. The highest BCUT2D eigenvalue weighted by Crippen LogP contribution is 2.25. The summed E-state index contributed by atoms with van der Waals surface area (Å²) in [7, 11) is 0. The van der Waals surface area contributed by atoms with E-state index in [0.717, 1.165) is 11.1 Å². The third kappa shape index (κ3) is 3.33. The smallest absolute Gasteiger partial charge is 0.130 e. The lowest BCUT2D eigenvalue weighted by atomic mass is 10.0. The Morgan fingerprint density at radius 3 is 2.15 bits per heavy atom. The molecule has 2 nitrogen and oxygen atoms in total. The van der Waals surface area contributed by atoms with Crippen LogP contribution in [0.3, 0.4) is 0 Å². The van der Waals surface area contributed by atoms with E-state index in [1.54, 1.807) is 24.3 Å². The standard InChI is InChI=1S/C16H16F2O2/c17-6-5-11-1-3-12(4-2-11)7-14-15(18)8-13(10-19)9-16(14)20/h1-4,8-9,19-20H,5-7,10H2. The predicted molar refractivity (Wildman–Crippen MR) is 72.9 cm³/mol. The van der Waals surface area contributed by atoms with Gasteiger partial charge in [0, 0.05) is 18.4 Å². The van der Waals surface area contributed by atoms with Crippen LogP contribution in [-0.4, -0.2) is 16.9 Å². The number of hydrogen-bond donors (Lipinski definition) is 2. The number of rotatable bonds is 5. The number of phenolic OH excluding ortho intramolecular Hbond substituents is 1. The molecule has 0 unspecified atom stereocenters. The van der Waals surface area contributed by atoms with Crippen molar-refractivity contribution < 1.29 is 19.0 Å². The van der Waals surface area contributed by atoms with Crippen LogP contribution in [0.4, 0.5) is 8.78 Å². The second-order valence-electron chi connectivity index (χ2n) is 4.67. The summed E-state index contributed by atoms with van der Waals surface area (Å²) in [6.45, 7) is -0.722. The normalized spacial score (nSPS) is 10.8. The quantitative estimate of drug-likeness (QED) is 0.882. The molecule has 0 saturated carbocycles. The number of hydrogen-bond acceptors (Lipinski definition) is 2. The van der Waals surface area contributed by atoms with Crippen molar-refractivity contribution >= 4 is 0 Å². The molecule has 0 aliphatic carbocycles. The van der Waals surface area contributed by atoms with Crippen LogP contribution in [-0.2, 0) is 19.4 Å². The van der Waals surface area contributed by atoms with Gasteiger partial charge in [-0.1, -0.05) is 24.3 Å². The Hall–Kier alpha value is -1.94. The molecule has 2 aromatic carbocycles. The first kappa shape index (κ1) is 14.5. The fraction of sp³-hybridized carbons (Fsp3) is 0.250. The van der Waals surface area contributed by atoms with Gasteiger partial charge in [0.25, 0.3) is 0 Å². The third-order valence-corrected chi connectivity index (χ3v) is 3.20. The van der Waals surface area contributed by atoms with Crippen LogP contribution < -0.4 is 0 Å². The molecule has 0 saturated heterocycles. The largest absolute Gasteiger partial charge is 0.508 e. The summed E-state index contributed by atoms with van der Waals surface area (Å²) in [6.07, 6.45) is 0.615. The average Bonchev–Trinajstić information content (AvgIpc) is 2.44. The van der Waals surface area contributed by atoms with Gasteiger partial charge < -0.3 is 10.2 Å². The van der Waals surface area contributed by atoms with Gasteiger partial charge in [0.1, 0.15) is 11.6 Å². The maximum atomic E-state index is 13.9. The van der Waals surface area contributed by atoms with E-state index >= 15 is 0 Å². The molecular weight excluding hydrogens is 262 g/mol. The van der Waals surface area contributed by atoms with E-state index in [4.69, 9.17) is 5.11 Å². The van der Waals surface area contributed by atoms with Crippen molar-refractivity contribution in [1.82, 2.24) is 0 Å². The second-order valence-corrected chi connectivity index (χ2v) is 4.67. The number of aryl methyl sites for hydroxylation is 1. The lowest BCUT2D eigenvalue weighted by molar-refractivity contribution is 0.280. The average molecular weight is 278 g/mol. The highest BCUT2D eigenvalue weighted by atomic mass is 19.1.